The van der Waals surface area contributed by atoms with Gasteiger partial charge in [-0.1, -0.05) is 24.3 Å². The molecule has 7 heteroatoms. The van der Waals surface area contributed by atoms with Crippen LogP contribution in [0.5, 0.6) is 11.5 Å². The summed E-state index contributed by atoms with van der Waals surface area (Å²) >= 11 is 3.42. The van der Waals surface area contributed by atoms with Crippen LogP contribution in [-0.2, 0) is 9.59 Å². The van der Waals surface area contributed by atoms with Gasteiger partial charge in [-0.05, 0) is 82.9 Å². The fraction of sp³-hybridized carbons (Fsp3) is 0.185. The van der Waals surface area contributed by atoms with Crippen molar-refractivity contribution in [1.82, 2.24) is 0 Å². The second-order valence-electron chi connectivity index (χ2n) is 8.01. The molecule has 1 heterocycles. The van der Waals surface area contributed by atoms with Gasteiger partial charge in [0.05, 0.1) is 30.3 Å². The molecule has 0 aliphatic carbocycles. The maximum Gasteiger partial charge on any atom is 0.300 e. The molecule has 1 saturated heterocycles. The van der Waals surface area contributed by atoms with E-state index in [9.17, 15) is 14.7 Å². The second-order valence-corrected chi connectivity index (χ2v) is 8.87. The molecule has 0 saturated carbocycles. The lowest BCUT2D eigenvalue weighted by atomic mass is 9.94. The summed E-state index contributed by atoms with van der Waals surface area (Å²) in [6, 6.07) is 16.9. The van der Waals surface area contributed by atoms with E-state index in [2.05, 4.69) is 15.9 Å². The Bertz CT molecular complexity index is 1330. The first-order valence-corrected chi connectivity index (χ1v) is 11.4. The van der Waals surface area contributed by atoms with Crippen molar-refractivity contribution in [3.63, 3.8) is 0 Å². The van der Waals surface area contributed by atoms with Gasteiger partial charge in [0.15, 0.2) is 0 Å². The van der Waals surface area contributed by atoms with E-state index in [1.807, 2.05) is 38.1 Å². The molecule has 1 aliphatic heterocycles. The van der Waals surface area contributed by atoms with Gasteiger partial charge >= 0.3 is 0 Å². The van der Waals surface area contributed by atoms with Crippen LogP contribution in [0, 0.1) is 13.8 Å². The average molecular weight is 522 g/mol. The normalized spacial score (nSPS) is 17.2. The molecular formula is C27H24BrNO5. The van der Waals surface area contributed by atoms with E-state index in [1.54, 1.807) is 43.5 Å². The van der Waals surface area contributed by atoms with E-state index < -0.39 is 17.7 Å². The van der Waals surface area contributed by atoms with Crippen molar-refractivity contribution in [2.45, 2.75) is 19.9 Å². The van der Waals surface area contributed by atoms with Crippen LogP contribution in [0.3, 0.4) is 0 Å². The number of hydrogen-bond donors (Lipinski definition) is 1. The number of ether oxygens (including phenoxy) is 2. The molecule has 1 amide bonds. The third kappa shape index (κ3) is 3.96. The predicted octanol–water partition coefficient (Wildman–Crippen LogP) is 5.71. The number of Topliss-reactive ketones (excluding diaryl/α,β-unsaturated/α-hetero) is 1. The van der Waals surface area contributed by atoms with E-state index in [-0.39, 0.29) is 11.3 Å². The van der Waals surface area contributed by atoms with Gasteiger partial charge in [-0.15, -0.1) is 0 Å². The van der Waals surface area contributed by atoms with E-state index in [0.29, 0.717) is 32.8 Å². The molecule has 3 aromatic rings. The van der Waals surface area contributed by atoms with Crippen molar-refractivity contribution in [3.8, 4) is 11.5 Å². The Balaban J connectivity index is 1.98. The lowest BCUT2D eigenvalue weighted by Crippen LogP contribution is -2.30. The number of ketones is 1. The van der Waals surface area contributed by atoms with Crippen molar-refractivity contribution in [2.24, 2.45) is 0 Å². The molecule has 1 atom stereocenters. The molecule has 6 nitrogen and oxygen atoms in total. The van der Waals surface area contributed by atoms with Crippen LogP contribution in [0.1, 0.15) is 28.3 Å². The number of anilines is 1. The molecule has 174 valence electrons. The number of amides is 1. The maximum atomic E-state index is 13.4. The summed E-state index contributed by atoms with van der Waals surface area (Å²) in [6.45, 7) is 3.86. The number of methoxy groups -OCH3 is 2. The largest absolute Gasteiger partial charge is 0.507 e. The minimum Gasteiger partial charge on any atom is -0.507 e. The highest BCUT2D eigenvalue weighted by Gasteiger charge is 2.47. The minimum absolute atomic E-state index is 0.0104. The topological polar surface area (TPSA) is 76.1 Å². The van der Waals surface area contributed by atoms with Gasteiger partial charge in [-0.25, -0.2) is 0 Å². The highest BCUT2D eigenvalue weighted by molar-refractivity contribution is 9.10. The van der Waals surface area contributed by atoms with Gasteiger partial charge in [-0.3, -0.25) is 14.5 Å². The number of benzene rings is 3. The first-order valence-electron chi connectivity index (χ1n) is 10.6. The lowest BCUT2D eigenvalue weighted by Gasteiger charge is -2.27. The molecule has 1 unspecified atom stereocenters. The van der Waals surface area contributed by atoms with Crippen LogP contribution < -0.4 is 14.4 Å². The number of halogens is 1. The number of hydrogen-bond acceptors (Lipinski definition) is 5. The Morgan fingerprint density at radius 2 is 1.71 bits per heavy atom. The van der Waals surface area contributed by atoms with Crippen LogP contribution in [0.15, 0.2) is 70.7 Å². The molecule has 0 aromatic heterocycles. The van der Waals surface area contributed by atoms with Crippen molar-refractivity contribution >= 4 is 39.1 Å². The molecule has 1 aliphatic rings. The molecule has 1 fully saturated rings. The van der Waals surface area contributed by atoms with Crippen molar-refractivity contribution in [3.05, 3.63) is 93.0 Å². The number of rotatable bonds is 5. The molecule has 0 bridgehead atoms. The Hall–Kier alpha value is -3.58. The molecule has 0 radical (unpaired) electrons. The third-order valence-electron chi connectivity index (χ3n) is 6.11. The second kappa shape index (κ2) is 9.35. The van der Waals surface area contributed by atoms with Gasteiger partial charge < -0.3 is 14.6 Å². The monoisotopic (exact) mass is 521 g/mol. The Labute approximate surface area is 206 Å². The molecule has 4 rings (SSSR count). The highest BCUT2D eigenvalue weighted by atomic mass is 79.9. The Kier molecular flexibility index (Phi) is 6.48. The van der Waals surface area contributed by atoms with Gasteiger partial charge in [0.2, 0.25) is 0 Å². The van der Waals surface area contributed by atoms with E-state index in [1.165, 1.54) is 12.0 Å². The zero-order chi connectivity index (χ0) is 24.6. The molecule has 0 spiro atoms. The summed E-state index contributed by atoms with van der Waals surface area (Å²) in [4.78, 5) is 28.2. The van der Waals surface area contributed by atoms with E-state index in [4.69, 9.17) is 9.47 Å². The maximum absolute atomic E-state index is 13.4. The summed E-state index contributed by atoms with van der Waals surface area (Å²) in [6.07, 6.45) is 0. The van der Waals surface area contributed by atoms with E-state index >= 15 is 0 Å². The number of carbonyl (C=O) groups excluding carboxylic acids is 2. The van der Waals surface area contributed by atoms with Gasteiger partial charge in [-0.2, -0.15) is 0 Å². The van der Waals surface area contributed by atoms with Crippen LogP contribution in [0.2, 0.25) is 0 Å². The van der Waals surface area contributed by atoms with E-state index in [0.717, 1.165) is 11.1 Å². The standard InChI is InChI=1S/C27H24BrNO5/c1-15-7-5-10-21(16(15)2)29-24(17-8-6-9-19(13-17)33-3)23(26(31)27(29)32)25(30)18-11-12-22(34-4)20(28)14-18/h5-14,24,30H,1-4H3/b25-23+. The summed E-state index contributed by atoms with van der Waals surface area (Å²) in [5, 5.41) is 11.3. The van der Waals surface area contributed by atoms with Gasteiger partial charge in [0.1, 0.15) is 17.3 Å². The highest BCUT2D eigenvalue weighted by Crippen LogP contribution is 2.44. The van der Waals surface area contributed by atoms with Gasteiger partial charge in [0.25, 0.3) is 11.7 Å². The zero-order valence-corrected chi connectivity index (χ0v) is 20.8. The summed E-state index contributed by atoms with van der Waals surface area (Å²) < 4.78 is 11.3. The van der Waals surface area contributed by atoms with Crippen LogP contribution in [0.25, 0.3) is 5.76 Å². The number of nitrogens with zero attached hydrogens (tertiary/aromatic N) is 1. The Morgan fingerprint density at radius 1 is 0.971 bits per heavy atom. The fourth-order valence-corrected chi connectivity index (χ4v) is 4.71. The summed E-state index contributed by atoms with van der Waals surface area (Å²) in [5.74, 6) is -0.552. The minimum atomic E-state index is -0.837. The van der Waals surface area contributed by atoms with Crippen LogP contribution in [-0.4, -0.2) is 31.0 Å². The number of aliphatic hydroxyl groups excluding tert-OH is 1. The Morgan fingerprint density at radius 3 is 2.38 bits per heavy atom. The average Bonchev–Trinajstić information content (AvgIpc) is 3.10. The molecule has 3 aromatic carbocycles. The van der Waals surface area contributed by atoms with Gasteiger partial charge in [0, 0.05) is 11.3 Å². The fourth-order valence-electron chi connectivity index (χ4n) is 4.17. The molecular weight excluding hydrogens is 498 g/mol. The van der Waals surface area contributed by atoms with Crippen molar-refractivity contribution < 1.29 is 24.2 Å². The molecule has 34 heavy (non-hydrogen) atoms. The SMILES string of the molecule is COc1cccc(C2/C(=C(\O)c3ccc(OC)c(Br)c3)C(=O)C(=O)N2c2cccc(C)c2C)c1. The first-order chi connectivity index (χ1) is 16.3. The van der Waals surface area contributed by atoms with Crippen molar-refractivity contribution in [1.29, 1.82) is 0 Å². The summed E-state index contributed by atoms with van der Waals surface area (Å²) in [5.41, 5.74) is 3.53. The summed E-state index contributed by atoms with van der Waals surface area (Å²) in [7, 11) is 3.09. The van der Waals surface area contributed by atoms with Crippen LogP contribution in [0.4, 0.5) is 5.69 Å². The smallest absolute Gasteiger partial charge is 0.300 e. The van der Waals surface area contributed by atoms with Crippen LogP contribution >= 0.6 is 15.9 Å². The first kappa shape index (κ1) is 23.6. The number of aliphatic hydroxyl groups is 1. The number of aryl methyl sites for hydroxylation is 1. The zero-order valence-electron chi connectivity index (χ0n) is 19.3. The lowest BCUT2D eigenvalue weighted by molar-refractivity contribution is -0.132. The quantitative estimate of drug-likeness (QED) is 0.264. The number of carbonyl (C=O) groups is 2. The van der Waals surface area contributed by atoms with Crippen molar-refractivity contribution in [2.75, 3.05) is 19.1 Å². The third-order valence-corrected chi connectivity index (χ3v) is 6.73. The predicted molar refractivity (Wildman–Crippen MR) is 134 cm³/mol. The molecule has 1 N–H and O–H groups in total.